The van der Waals surface area contributed by atoms with Crippen LogP contribution in [0.15, 0.2) is 0 Å². The van der Waals surface area contributed by atoms with Crippen molar-refractivity contribution in [2.45, 2.75) is 0 Å². The molecule has 0 bridgehead atoms. The van der Waals surface area contributed by atoms with Crippen molar-refractivity contribution in [2.75, 3.05) is 0 Å². The van der Waals surface area contributed by atoms with Crippen LogP contribution in [0, 0.1) is 0 Å². The SMILES string of the molecule is NN(N)[SiH2]O[SiH3]. The number of nitrogens with two attached hydrogens (primary N) is 2. The maximum atomic E-state index is 4.97. The summed E-state index contributed by atoms with van der Waals surface area (Å²) < 4.78 is 4.76. The van der Waals surface area contributed by atoms with Crippen LogP contribution in [0.3, 0.4) is 0 Å². The molecular formula is H9N3OSi2. The van der Waals surface area contributed by atoms with E-state index in [1.165, 1.54) is 0 Å². The van der Waals surface area contributed by atoms with Gasteiger partial charge in [0.05, 0.1) is 0 Å². The topological polar surface area (TPSA) is 64.5 Å². The van der Waals surface area contributed by atoms with Crippen molar-refractivity contribution < 1.29 is 4.12 Å². The van der Waals surface area contributed by atoms with Crippen molar-refractivity contribution >= 4 is 20.4 Å². The van der Waals surface area contributed by atoms with Gasteiger partial charge in [0.1, 0.15) is 10.5 Å². The van der Waals surface area contributed by atoms with Gasteiger partial charge in [-0.05, 0) is 0 Å². The van der Waals surface area contributed by atoms with Gasteiger partial charge in [0.2, 0.25) is 0 Å². The molecule has 0 saturated heterocycles. The number of hydrazine groups is 2. The van der Waals surface area contributed by atoms with Crippen LogP contribution < -0.4 is 11.7 Å². The van der Waals surface area contributed by atoms with Gasteiger partial charge in [-0.15, -0.1) is 0 Å². The summed E-state index contributed by atoms with van der Waals surface area (Å²) in [5.74, 6) is 9.95. The molecule has 0 fully saturated rings. The highest BCUT2D eigenvalue weighted by atomic mass is 28.3. The molecule has 0 aliphatic rings. The maximum Gasteiger partial charge on any atom is 0.257 e. The van der Waals surface area contributed by atoms with E-state index < -0.39 is 9.92 Å². The maximum absolute atomic E-state index is 4.97. The fraction of sp³-hybridized carbons (Fsp3) is 0. The lowest BCUT2D eigenvalue weighted by Gasteiger charge is -2.03. The van der Waals surface area contributed by atoms with Crippen molar-refractivity contribution in [3.8, 4) is 0 Å². The summed E-state index contributed by atoms with van der Waals surface area (Å²) in [6, 6.07) is 0. The summed E-state index contributed by atoms with van der Waals surface area (Å²) >= 11 is 0. The van der Waals surface area contributed by atoms with Gasteiger partial charge in [-0.2, -0.15) is 4.78 Å². The van der Waals surface area contributed by atoms with Crippen molar-refractivity contribution in [3.05, 3.63) is 0 Å². The number of hydrogen-bond donors (Lipinski definition) is 2. The first kappa shape index (κ1) is 6.27. The summed E-state index contributed by atoms with van der Waals surface area (Å²) in [4.78, 5) is 1.13. The minimum absolute atomic E-state index is 0.693. The molecule has 0 heterocycles. The first-order valence-electron chi connectivity index (χ1n) is 1.53. The standard InChI is InChI=1S/H9N3OSi2/c1-3(2)6-4-5/h1-2,6H2,5H3. The Labute approximate surface area is 41.9 Å². The Kier molecular flexibility index (Phi) is 3.62. The van der Waals surface area contributed by atoms with Crippen molar-refractivity contribution in [2.24, 2.45) is 11.7 Å². The third-order valence-corrected chi connectivity index (χ3v) is 1.61. The zero-order valence-corrected chi connectivity index (χ0v) is 7.13. The molecule has 0 aromatic carbocycles. The highest BCUT2D eigenvalue weighted by molar-refractivity contribution is 6.30. The fourth-order valence-corrected chi connectivity index (χ4v) is 1.34. The molecule has 0 aromatic heterocycles. The van der Waals surface area contributed by atoms with E-state index in [0.717, 1.165) is 15.3 Å². The van der Waals surface area contributed by atoms with Crippen LogP contribution in [0.2, 0.25) is 0 Å². The molecule has 38 valence electrons. The van der Waals surface area contributed by atoms with E-state index in [4.69, 9.17) is 15.8 Å². The van der Waals surface area contributed by atoms with Crippen molar-refractivity contribution in [1.29, 1.82) is 0 Å². The summed E-state index contributed by atoms with van der Waals surface area (Å²) in [5, 5.41) is 0. The highest BCUT2D eigenvalue weighted by Gasteiger charge is 1.82. The second kappa shape index (κ2) is 3.46. The molecular weight excluding hydrogens is 114 g/mol. The molecule has 0 aliphatic carbocycles. The smallest absolute Gasteiger partial charge is 0.257 e. The second-order valence-corrected chi connectivity index (χ2v) is 4.23. The lowest BCUT2D eigenvalue weighted by molar-refractivity contribution is 0.432. The normalized spacial score (nSPS) is 12.5. The van der Waals surface area contributed by atoms with Gasteiger partial charge < -0.3 is 4.12 Å². The lowest BCUT2D eigenvalue weighted by Crippen LogP contribution is -2.42. The van der Waals surface area contributed by atoms with E-state index in [1.54, 1.807) is 0 Å². The number of rotatable bonds is 2. The molecule has 0 saturated carbocycles. The molecule has 4 N–H and O–H groups in total. The monoisotopic (exact) mass is 123 g/mol. The van der Waals surface area contributed by atoms with Crippen molar-refractivity contribution in [1.82, 2.24) is 4.78 Å². The van der Waals surface area contributed by atoms with Crippen LogP contribution >= 0.6 is 0 Å². The predicted molar refractivity (Wildman–Crippen MR) is 29.8 cm³/mol. The van der Waals surface area contributed by atoms with Gasteiger partial charge in [0.25, 0.3) is 9.92 Å². The molecule has 0 rings (SSSR count). The van der Waals surface area contributed by atoms with Crippen LogP contribution in [0.5, 0.6) is 0 Å². The minimum Gasteiger partial charge on any atom is -0.456 e. The van der Waals surface area contributed by atoms with E-state index in [2.05, 4.69) is 0 Å². The van der Waals surface area contributed by atoms with E-state index in [9.17, 15) is 0 Å². The number of nitrogens with zero attached hydrogens (tertiary/aromatic N) is 1. The zero-order chi connectivity index (χ0) is 4.99. The molecule has 6 heteroatoms. The summed E-state index contributed by atoms with van der Waals surface area (Å²) in [6.45, 7) is 0. The van der Waals surface area contributed by atoms with E-state index >= 15 is 0 Å². The summed E-state index contributed by atoms with van der Waals surface area (Å²) in [7, 11) is 0.0540. The molecule has 0 aromatic rings. The van der Waals surface area contributed by atoms with Crippen LogP contribution in [0.4, 0.5) is 0 Å². The first-order valence-corrected chi connectivity index (χ1v) is 3.56. The Morgan fingerprint density at radius 1 is 1.67 bits per heavy atom. The average Bonchev–Trinajstić information content (AvgIpc) is 1.35. The molecule has 0 unspecified atom stereocenters. The van der Waals surface area contributed by atoms with Gasteiger partial charge in [0.15, 0.2) is 0 Å². The Hall–Kier alpha value is 0.274. The minimum atomic E-state index is -0.693. The van der Waals surface area contributed by atoms with Crippen LogP contribution in [0.1, 0.15) is 0 Å². The van der Waals surface area contributed by atoms with Gasteiger partial charge in [-0.3, -0.25) is 11.7 Å². The second-order valence-electron chi connectivity index (χ2n) is 0.932. The molecule has 0 atom stereocenters. The van der Waals surface area contributed by atoms with Gasteiger partial charge >= 0.3 is 0 Å². The van der Waals surface area contributed by atoms with Crippen LogP contribution in [-0.4, -0.2) is 25.2 Å². The average molecular weight is 123 g/mol. The Balaban J connectivity index is 2.63. The van der Waals surface area contributed by atoms with Crippen LogP contribution in [-0.2, 0) is 4.12 Å². The summed E-state index contributed by atoms with van der Waals surface area (Å²) in [5.41, 5.74) is 0. The fourth-order valence-electron chi connectivity index (χ4n) is 0.149. The Morgan fingerprint density at radius 3 is 2.17 bits per heavy atom. The molecule has 0 amide bonds. The molecule has 4 nitrogen and oxygen atoms in total. The predicted octanol–water partition coefficient (Wildman–Crippen LogP) is -3.67. The Bertz CT molecular complexity index is 30.0. The van der Waals surface area contributed by atoms with Gasteiger partial charge in [-0.1, -0.05) is 0 Å². The highest BCUT2D eigenvalue weighted by Crippen LogP contribution is 1.52. The van der Waals surface area contributed by atoms with E-state index in [-0.39, 0.29) is 0 Å². The van der Waals surface area contributed by atoms with Crippen LogP contribution in [0.25, 0.3) is 0 Å². The third-order valence-electron chi connectivity index (χ3n) is 0.278. The van der Waals surface area contributed by atoms with Crippen molar-refractivity contribution in [3.63, 3.8) is 0 Å². The van der Waals surface area contributed by atoms with E-state index in [0.29, 0.717) is 0 Å². The quantitative estimate of drug-likeness (QED) is 0.226. The summed E-state index contributed by atoms with van der Waals surface area (Å²) in [6.07, 6.45) is 0. The van der Waals surface area contributed by atoms with Gasteiger partial charge in [-0.25, -0.2) is 0 Å². The molecule has 0 radical (unpaired) electrons. The molecule has 0 spiro atoms. The number of hydrogen-bond acceptors (Lipinski definition) is 4. The molecule has 0 aliphatic heterocycles. The Morgan fingerprint density at radius 2 is 2.17 bits per heavy atom. The van der Waals surface area contributed by atoms with E-state index in [1.807, 2.05) is 0 Å². The first-order chi connectivity index (χ1) is 2.77. The lowest BCUT2D eigenvalue weighted by atomic mass is 12.6. The zero-order valence-electron chi connectivity index (χ0n) is 3.72. The van der Waals surface area contributed by atoms with Gasteiger partial charge in [0, 0.05) is 0 Å². The third kappa shape index (κ3) is 4.27. The largest absolute Gasteiger partial charge is 0.456 e. The molecule has 6 heavy (non-hydrogen) atoms.